The van der Waals surface area contributed by atoms with Gasteiger partial charge in [0.1, 0.15) is 17.8 Å². The molecule has 4 nitrogen and oxygen atoms in total. The Hall–Kier alpha value is -3.27. The van der Waals surface area contributed by atoms with Gasteiger partial charge in [-0.2, -0.15) is 0 Å². The molecular weight excluding hydrogens is 336 g/mol. The van der Waals surface area contributed by atoms with Crippen LogP contribution in [0.3, 0.4) is 0 Å². The van der Waals surface area contributed by atoms with Crippen LogP contribution in [-0.2, 0) is 11.3 Å². The molecule has 1 saturated carbocycles. The summed E-state index contributed by atoms with van der Waals surface area (Å²) in [6.45, 7) is 0.707. The van der Waals surface area contributed by atoms with Crippen molar-refractivity contribution in [2.24, 2.45) is 5.92 Å². The molecule has 27 heavy (non-hydrogen) atoms. The molecule has 136 valence electrons. The first-order chi connectivity index (χ1) is 13.2. The molecule has 0 bridgehead atoms. The minimum atomic E-state index is 0.215. The van der Waals surface area contributed by atoms with Crippen molar-refractivity contribution in [3.8, 4) is 11.5 Å². The largest absolute Gasteiger partial charge is 0.457 e. The number of aldehydes is 1. The summed E-state index contributed by atoms with van der Waals surface area (Å²) < 4.78 is 5.88. The van der Waals surface area contributed by atoms with Gasteiger partial charge in [0.25, 0.3) is 0 Å². The van der Waals surface area contributed by atoms with E-state index in [1.165, 1.54) is 5.56 Å². The molecule has 0 radical (unpaired) electrons. The molecule has 4 heteroatoms. The Balaban J connectivity index is 1.35. The van der Waals surface area contributed by atoms with Gasteiger partial charge >= 0.3 is 0 Å². The van der Waals surface area contributed by atoms with Gasteiger partial charge in [-0.3, -0.25) is 0 Å². The zero-order chi connectivity index (χ0) is 18.6. The van der Waals surface area contributed by atoms with Crippen LogP contribution in [-0.4, -0.2) is 6.29 Å². The van der Waals surface area contributed by atoms with E-state index in [-0.39, 0.29) is 5.92 Å². The Morgan fingerprint density at radius 2 is 1.78 bits per heavy atom. The topological polar surface area (TPSA) is 64.3 Å². The van der Waals surface area contributed by atoms with Gasteiger partial charge in [0, 0.05) is 23.8 Å². The highest BCUT2D eigenvalue weighted by molar-refractivity contribution is 5.62. The van der Waals surface area contributed by atoms with Gasteiger partial charge < -0.3 is 20.6 Å². The zero-order valence-corrected chi connectivity index (χ0v) is 15.0. The lowest BCUT2D eigenvalue weighted by Gasteiger charge is -2.10. The van der Waals surface area contributed by atoms with Crippen molar-refractivity contribution in [1.29, 1.82) is 0 Å². The van der Waals surface area contributed by atoms with E-state index < -0.39 is 0 Å². The molecule has 0 heterocycles. The second-order valence-corrected chi connectivity index (χ2v) is 6.94. The first-order valence-electron chi connectivity index (χ1n) is 9.13. The van der Waals surface area contributed by atoms with Gasteiger partial charge in [0.2, 0.25) is 0 Å². The van der Waals surface area contributed by atoms with E-state index in [1.807, 2.05) is 42.5 Å². The monoisotopic (exact) mass is 358 g/mol. The first kappa shape index (κ1) is 17.2. The summed E-state index contributed by atoms with van der Waals surface area (Å²) >= 11 is 0. The Morgan fingerprint density at radius 1 is 1.00 bits per heavy atom. The number of hydrogen-bond acceptors (Lipinski definition) is 4. The molecule has 1 aliphatic carbocycles. The highest BCUT2D eigenvalue weighted by Gasteiger charge is 2.37. The number of carbonyl (C=O) groups excluding carboxylic acids is 1. The lowest BCUT2D eigenvalue weighted by atomic mass is 10.1. The second kappa shape index (κ2) is 7.54. The van der Waals surface area contributed by atoms with Crippen LogP contribution in [0, 0.1) is 5.92 Å². The van der Waals surface area contributed by atoms with Crippen LogP contribution >= 0.6 is 0 Å². The highest BCUT2D eigenvalue weighted by atomic mass is 16.5. The fraction of sp³-hybridized carbons (Fsp3) is 0.174. The van der Waals surface area contributed by atoms with Crippen LogP contribution in [0.25, 0.3) is 0 Å². The lowest BCUT2D eigenvalue weighted by molar-refractivity contribution is -0.108. The average molecular weight is 358 g/mol. The van der Waals surface area contributed by atoms with Crippen molar-refractivity contribution in [3.05, 3.63) is 83.9 Å². The number of nitrogens with one attached hydrogen (secondary N) is 1. The summed E-state index contributed by atoms with van der Waals surface area (Å²) in [7, 11) is 0. The third-order valence-corrected chi connectivity index (χ3v) is 4.86. The van der Waals surface area contributed by atoms with Crippen LogP contribution < -0.4 is 15.8 Å². The number of hydrogen-bond donors (Lipinski definition) is 2. The van der Waals surface area contributed by atoms with E-state index in [4.69, 9.17) is 10.5 Å². The van der Waals surface area contributed by atoms with Crippen LogP contribution in [0.1, 0.15) is 23.5 Å². The van der Waals surface area contributed by atoms with Crippen LogP contribution in [0.15, 0.2) is 72.8 Å². The van der Waals surface area contributed by atoms with Crippen LogP contribution in [0.5, 0.6) is 11.5 Å². The minimum absolute atomic E-state index is 0.215. The number of rotatable bonds is 7. The van der Waals surface area contributed by atoms with Gasteiger partial charge in [-0.1, -0.05) is 24.3 Å². The fourth-order valence-electron chi connectivity index (χ4n) is 3.19. The Morgan fingerprint density at radius 3 is 2.48 bits per heavy atom. The van der Waals surface area contributed by atoms with Gasteiger partial charge in [0.15, 0.2) is 0 Å². The summed E-state index contributed by atoms with van der Waals surface area (Å²) in [5.74, 6) is 2.19. The summed E-state index contributed by atoms with van der Waals surface area (Å²) in [5, 5.41) is 3.43. The minimum Gasteiger partial charge on any atom is -0.457 e. The van der Waals surface area contributed by atoms with Gasteiger partial charge in [-0.05, 0) is 72.0 Å². The number of carbonyl (C=O) groups is 1. The molecule has 3 N–H and O–H groups in total. The van der Waals surface area contributed by atoms with Crippen molar-refractivity contribution in [1.82, 2.24) is 0 Å². The highest BCUT2D eigenvalue weighted by Crippen LogP contribution is 2.46. The number of nitrogens with two attached hydrogens (primary N) is 1. The standard InChI is InChI=1S/C23H22N2O2/c24-19-6-10-21(11-7-19)27-22-3-1-2-16(12-22)14-25-20-8-4-17(5-9-20)23-13-18(23)15-26/h1-12,15,18,23,25H,13-14,24H2. The van der Waals surface area contributed by atoms with Gasteiger partial charge in [-0.25, -0.2) is 0 Å². The van der Waals surface area contributed by atoms with Crippen molar-refractivity contribution in [2.75, 3.05) is 11.1 Å². The van der Waals surface area contributed by atoms with Crippen LogP contribution in [0.4, 0.5) is 11.4 Å². The summed E-state index contributed by atoms with van der Waals surface area (Å²) in [4.78, 5) is 10.8. The lowest BCUT2D eigenvalue weighted by Crippen LogP contribution is -1.99. The molecule has 0 amide bonds. The van der Waals surface area contributed by atoms with Crippen molar-refractivity contribution >= 4 is 17.7 Å². The maximum absolute atomic E-state index is 10.8. The summed E-state index contributed by atoms with van der Waals surface area (Å²) in [6.07, 6.45) is 2.05. The maximum Gasteiger partial charge on any atom is 0.127 e. The predicted octanol–water partition coefficient (Wildman–Crippen LogP) is 4.98. The number of ether oxygens (including phenoxy) is 1. The van der Waals surface area contributed by atoms with E-state index >= 15 is 0 Å². The third-order valence-electron chi connectivity index (χ3n) is 4.86. The Kier molecular flexibility index (Phi) is 4.79. The third kappa shape index (κ3) is 4.29. The summed E-state index contributed by atoms with van der Waals surface area (Å²) in [6, 6.07) is 23.7. The molecule has 0 spiro atoms. The van der Waals surface area contributed by atoms with Gasteiger partial charge in [0.05, 0.1) is 0 Å². The molecule has 2 atom stereocenters. The van der Waals surface area contributed by atoms with E-state index in [2.05, 4.69) is 35.6 Å². The maximum atomic E-state index is 10.8. The number of nitrogen functional groups attached to an aromatic ring is 1. The van der Waals surface area contributed by atoms with E-state index in [0.29, 0.717) is 12.5 Å². The first-order valence-corrected chi connectivity index (χ1v) is 9.13. The van der Waals surface area contributed by atoms with Crippen LogP contribution in [0.2, 0.25) is 0 Å². The normalized spacial score (nSPS) is 17.9. The molecular formula is C23H22N2O2. The molecule has 2 unspecified atom stereocenters. The molecule has 1 fully saturated rings. The molecule has 1 aliphatic rings. The Labute approximate surface area is 159 Å². The van der Waals surface area contributed by atoms with Crippen molar-refractivity contribution in [3.63, 3.8) is 0 Å². The number of anilines is 2. The quantitative estimate of drug-likeness (QED) is 0.462. The summed E-state index contributed by atoms with van der Waals surface area (Å²) in [5.41, 5.74) is 9.86. The SMILES string of the molecule is Nc1ccc(Oc2cccc(CNc3ccc(C4CC4C=O)cc3)c2)cc1. The smallest absolute Gasteiger partial charge is 0.127 e. The molecule has 3 aromatic rings. The number of benzene rings is 3. The molecule has 4 rings (SSSR count). The van der Waals surface area contributed by atoms with Crippen molar-refractivity contribution < 1.29 is 9.53 Å². The van der Waals surface area contributed by atoms with Crippen molar-refractivity contribution in [2.45, 2.75) is 18.9 Å². The van der Waals surface area contributed by atoms with E-state index in [1.54, 1.807) is 0 Å². The van der Waals surface area contributed by atoms with E-state index in [9.17, 15) is 4.79 Å². The van der Waals surface area contributed by atoms with Gasteiger partial charge in [-0.15, -0.1) is 0 Å². The van der Waals surface area contributed by atoms with E-state index in [0.717, 1.165) is 41.1 Å². The average Bonchev–Trinajstić information content (AvgIpc) is 3.49. The molecule has 0 aliphatic heterocycles. The fourth-order valence-corrected chi connectivity index (χ4v) is 3.19. The molecule has 3 aromatic carbocycles. The molecule has 0 saturated heterocycles. The second-order valence-electron chi connectivity index (χ2n) is 6.94. The zero-order valence-electron chi connectivity index (χ0n) is 15.0. The predicted molar refractivity (Wildman–Crippen MR) is 108 cm³/mol. The Bertz CT molecular complexity index is 920. The molecule has 0 aromatic heterocycles.